The highest BCUT2D eigenvalue weighted by molar-refractivity contribution is 5.94. The summed E-state index contributed by atoms with van der Waals surface area (Å²) in [6, 6.07) is 3.34. The normalized spacial score (nSPS) is 10.0. The number of carbonyl (C=O) groups excluding carboxylic acids is 1. The van der Waals surface area contributed by atoms with Crippen LogP contribution in [0.15, 0.2) is 18.3 Å². The summed E-state index contributed by atoms with van der Waals surface area (Å²) < 4.78 is 4.83. The average molecular weight is 209 g/mol. The standard InChI is InChI=1S/C10H15N3O2/c1-15-5-4-13-10(14)8-2-3-12-9(6-8)7-11/h2-3,6H,4-5,7,11H2,1H3,(H,13,14). The maximum Gasteiger partial charge on any atom is 0.251 e. The Morgan fingerprint density at radius 2 is 2.47 bits per heavy atom. The molecule has 5 heteroatoms. The number of nitrogens with one attached hydrogen (secondary N) is 1. The summed E-state index contributed by atoms with van der Waals surface area (Å²) in [5.41, 5.74) is 6.70. The van der Waals surface area contributed by atoms with E-state index in [0.29, 0.717) is 31.0 Å². The van der Waals surface area contributed by atoms with Crippen molar-refractivity contribution >= 4 is 5.91 Å². The van der Waals surface area contributed by atoms with Crippen molar-refractivity contribution in [2.24, 2.45) is 5.73 Å². The van der Waals surface area contributed by atoms with E-state index in [-0.39, 0.29) is 5.91 Å². The molecular weight excluding hydrogens is 194 g/mol. The van der Waals surface area contributed by atoms with Gasteiger partial charge in [0.2, 0.25) is 0 Å². The van der Waals surface area contributed by atoms with Gasteiger partial charge in [0.25, 0.3) is 5.91 Å². The molecule has 5 nitrogen and oxygen atoms in total. The van der Waals surface area contributed by atoms with Crippen LogP contribution in [0.4, 0.5) is 0 Å². The summed E-state index contributed by atoms with van der Waals surface area (Å²) in [6.45, 7) is 1.33. The molecule has 0 aliphatic carbocycles. The van der Waals surface area contributed by atoms with Crippen LogP contribution in [0, 0.1) is 0 Å². The quantitative estimate of drug-likeness (QED) is 0.665. The Hall–Kier alpha value is -1.46. The average Bonchev–Trinajstić information content (AvgIpc) is 2.29. The van der Waals surface area contributed by atoms with Crippen LogP contribution < -0.4 is 11.1 Å². The van der Waals surface area contributed by atoms with E-state index < -0.39 is 0 Å². The van der Waals surface area contributed by atoms with E-state index in [1.165, 1.54) is 0 Å². The van der Waals surface area contributed by atoms with E-state index in [4.69, 9.17) is 10.5 Å². The van der Waals surface area contributed by atoms with Crippen molar-refractivity contribution < 1.29 is 9.53 Å². The van der Waals surface area contributed by atoms with Gasteiger partial charge in [-0.1, -0.05) is 0 Å². The van der Waals surface area contributed by atoms with Crippen LogP contribution in [-0.4, -0.2) is 31.2 Å². The molecule has 0 saturated carbocycles. The van der Waals surface area contributed by atoms with Crippen molar-refractivity contribution in [3.8, 4) is 0 Å². The maximum atomic E-state index is 11.6. The Bertz CT molecular complexity index is 328. The first kappa shape index (κ1) is 11.6. The number of ether oxygens (including phenoxy) is 1. The lowest BCUT2D eigenvalue weighted by Gasteiger charge is -2.05. The van der Waals surface area contributed by atoms with Gasteiger partial charge < -0.3 is 15.8 Å². The Morgan fingerprint density at radius 3 is 3.13 bits per heavy atom. The number of hydrogen-bond acceptors (Lipinski definition) is 4. The lowest BCUT2D eigenvalue weighted by molar-refractivity contribution is 0.0937. The molecule has 0 radical (unpaired) electrons. The van der Waals surface area contributed by atoms with Gasteiger partial charge >= 0.3 is 0 Å². The number of hydrogen-bond donors (Lipinski definition) is 2. The molecule has 1 rings (SSSR count). The van der Waals surface area contributed by atoms with Crippen molar-refractivity contribution in [3.63, 3.8) is 0 Å². The van der Waals surface area contributed by atoms with E-state index in [2.05, 4.69) is 10.3 Å². The monoisotopic (exact) mass is 209 g/mol. The number of methoxy groups -OCH3 is 1. The molecule has 0 aliphatic heterocycles. The molecule has 0 saturated heterocycles. The van der Waals surface area contributed by atoms with Crippen molar-refractivity contribution in [3.05, 3.63) is 29.6 Å². The van der Waals surface area contributed by atoms with Gasteiger partial charge in [-0.2, -0.15) is 0 Å². The molecule has 0 atom stereocenters. The van der Waals surface area contributed by atoms with Crippen molar-refractivity contribution in [1.82, 2.24) is 10.3 Å². The third-order valence-electron chi connectivity index (χ3n) is 1.88. The van der Waals surface area contributed by atoms with Crippen LogP contribution in [0.5, 0.6) is 0 Å². The summed E-state index contributed by atoms with van der Waals surface area (Å²) in [6.07, 6.45) is 1.58. The van der Waals surface area contributed by atoms with Crippen molar-refractivity contribution in [2.75, 3.05) is 20.3 Å². The largest absolute Gasteiger partial charge is 0.383 e. The minimum Gasteiger partial charge on any atom is -0.383 e. The van der Waals surface area contributed by atoms with Crippen LogP contribution in [0.25, 0.3) is 0 Å². The second-order valence-corrected chi connectivity index (χ2v) is 2.99. The zero-order valence-corrected chi connectivity index (χ0v) is 8.69. The van der Waals surface area contributed by atoms with Crippen molar-refractivity contribution in [2.45, 2.75) is 6.54 Å². The Balaban J connectivity index is 2.57. The first-order chi connectivity index (χ1) is 7.27. The molecule has 15 heavy (non-hydrogen) atoms. The van der Waals surface area contributed by atoms with Crippen LogP contribution in [0.2, 0.25) is 0 Å². The van der Waals surface area contributed by atoms with Gasteiger partial charge in [0.1, 0.15) is 0 Å². The fourth-order valence-corrected chi connectivity index (χ4v) is 1.10. The van der Waals surface area contributed by atoms with Crippen LogP contribution >= 0.6 is 0 Å². The number of nitrogens with two attached hydrogens (primary N) is 1. The van der Waals surface area contributed by atoms with E-state index in [9.17, 15) is 4.79 Å². The first-order valence-electron chi connectivity index (χ1n) is 4.70. The second-order valence-electron chi connectivity index (χ2n) is 2.99. The van der Waals surface area contributed by atoms with Gasteiger partial charge in [-0.3, -0.25) is 9.78 Å². The lowest BCUT2D eigenvalue weighted by Crippen LogP contribution is -2.27. The topological polar surface area (TPSA) is 77.2 Å². The number of carbonyl (C=O) groups is 1. The lowest BCUT2D eigenvalue weighted by atomic mass is 10.2. The van der Waals surface area contributed by atoms with E-state index in [0.717, 1.165) is 0 Å². The molecule has 1 aromatic rings. The predicted octanol–water partition coefficient (Wildman–Crippen LogP) is -0.0835. The molecule has 3 N–H and O–H groups in total. The highest BCUT2D eigenvalue weighted by atomic mass is 16.5. The third kappa shape index (κ3) is 3.65. The van der Waals surface area contributed by atoms with E-state index >= 15 is 0 Å². The minimum absolute atomic E-state index is 0.135. The number of amides is 1. The summed E-state index contributed by atoms with van der Waals surface area (Å²) in [5, 5.41) is 2.72. The van der Waals surface area contributed by atoms with Crippen LogP contribution in [0.3, 0.4) is 0 Å². The molecule has 1 aromatic heterocycles. The second kappa shape index (κ2) is 6.10. The molecule has 0 spiro atoms. The van der Waals surface area contributed by atoms with E-state index in [1.54, 1.807) is 25.4 Å². The number of pyridine rings is 1. The maximum absolute atomic E-state index is 11.6. The Kier molecular flexibility index (Phi) is 4.73. The molecule has 1 amide bonds. The summed E-state index contributed by atoms with van der Waals surface area (Å²) in [5.74, 6) is -0.135. The molecule has 1 heterocycles. The molecule has 0 fully saturated rings. The molecule has 82 valence electrons. The Labute approximate surface area is 88.6 Å². The van der Waals surface area contributed by atoms with E-state index in [1.807, 2.05) is 0 Å². The van der Waals surface area contributed by atoms with Gasteiger partial charge in [-0.05, 0) is 12.1 Å². The first-order valence-corrected chi connectivity index (χ1v) is 4.70. The SMILES string of the molecule is COCCNC(=O)c1ccnc(CN)c1. The highest BCUT2D eigenvalue weighted by Crippen LogP contribution is 2.00. The Morgan fingerprint density at radius 1 is 1.67 bits per heavy atom. The fourth-order valence-electron chi connectivity index (χ4n) is 1.10. The predicted molar refractivity (Wildman–Crippen MR) is 56.3 cm³/mol. The van der Waals surface area contributed by atoms with Gasteiger partial charge in [0.15, 0.2) is 0 Å². The summed E-state index contributed by atoms with van der Waals surface area (Å²) in [4.78, 5) is 15.6. The summed E-state index contributed by atoms with van der Waals surface area (Å²) in [7, 11) is 1.59. The van der Waals surface area contributed by atoms with Crippen LogP contribution in [0.1, 0.15) is 16.1 Å². The zero-order valence-electron chi connectivity index (χ0n) is 8.69. The smallest absolute Gasteiger partial charge is 0.251 e. The van der Waals surface area contributed by atoms with Gasteiger partial charge in [0.05, 0.1) is 12.3 Å². The molecule has 0 unspecified atom stereocenters. The number of aromatic nitrogens is 1. The summed E-state index contributed by atoms with van der Waals surface area (Å²) >= 11 is 0. The molecule has 0 aromatic carbocycles. The molecule has 0 aliphatic rings. The van der Waals surface area contributed by atoms with Gasteiger partial charge in [-0.15, -0.1) is 0 Å². The molecular formula is C10H15N3O2. The third-order valence-corrected chi connectivity index (χ3v) is 1.88. The van der Waals surface area contributed by atoms with Gasteiger partial charge in [0, 0.05) is 32.0 Å². The highest BCUT2D eigenvalue weighted by Gasteiger charge is 2.05. The van der Waals surface area contributed by atoms with Gasteiger partial charge in [-0.25, -0.2) is 0 Å². The number of nitrogens with zero attached hydrogens (tertiary/aromatic N) is 1. The number of rotatable bonds is 5. The zero-order chi connectivity index (χ0) is 11.1. The van der Waals surface area contributed by atoms with Crippen molar-refractivity contribution in [1.29, 1.82) is 0 Å². The molecule has 0 bridgehead atoms. The fraction of sp³-hybridized carbons (Fsp3) is 0.400. The van der Waals surface area contributed by atoms with Crippen LogP contribution in [-0.2, 0) is 11.3 Å². The minimum atomic E-state index is -0.135.